The van der Waals surface area contributed by atoms with Gasteiger partial charge in [-0.1, -0.05) is 47.7 Å². The highest BCUT2D eigenvalue weighted by Crippen LogP contribution is 2.28. The molecule has 4 rings (SSSR count). The number of nitrogens with zero attached hydrogens (tertiary/aromatic N) is 4. The number of benzene rings is 2. The Bertz CT molecular complexity index is 1020. The standard InChI is InChI=1S/C21H22N4O/c1-16-19(17-8-3-2-4-9-17)14-18(24(16)12-7-13-26)15-25-21-11-6-5-10-20(21)22-23-25/h2-6,8-11,14,26H,7,12-13,15H2,1H3. The Morgan fingerprint density at radius 1 is 1.00 bits per heavy atom. The highest BCUT2D eigenvalue weighted by Gasteiger charge is 2.15. The molecule has 0 spiro atoms. The van der Waals surface area contributed by atoms with Gasteiger partial charge in [-0.15, -0.1) is 5.10 Å². The summed E-state index contributed by atoms with van der Waals surface area (Å²) in [5.74, 6) is 0. The third kappa shape index (κ3) is 3.02. The molecule has 26 heavy (non-hydrogen) atoms. The van der Waals surface area contributed by atoms with Gasteiger partial charge in [-0.3, -0.25) is 0 Å². The molecule has 132 valence electrons. The normalized spacial score (nSPS) is 11.3. The van der Waals surface area contributed by atoms with E-state index in [1.54, 1.807) is 0 Å². The van der Waals surface area contributed by atoms with Crippen LogP contribution in [0, 0.1) is 6.92 Å². The summed E-state index contributed by atoms with van der Waals surface area (Å²) in [5, 5.41) is 17.9. The van der Waals surface area contributed by atoms with Crippen LogP contribution in [0.25, 0.3) is 22.2 Å². The quantitative estimate of drug-likeness (QED) is 0.580. The van der Waals surface area contributed by atoms with Crippen molar-refractivity contribution in [2.45, 2.75) is 26.4 Å². The summed E-state index contributed by atoms with van der Waals surface area (Å²) in [5.41, 5.74) is 6.75. The molecule has 0 fully saturated rings. The summed E-state index contributed by atoms with van der Waals surface area (Å²) in [6.07, 6.45) is 0.731. The number of aliphatic hydroxyl groups is 1. The second-order valence-electron chi connectivity index (χ2n) is 6.47. The number of aliphatic hydroxyl groups excluding tert-OH is 1. The number of rotatable bonds is 6. The zero-order valence-corrected chi connectivity index (χ0v) is 14.8. The minimum absolute atomic E-state index is 0.185. The van der Waals surface area contributed by atoms with Crippen LogP contribution in [0.1, 0.15) is 17.8 Å². The predicted octanol–water partition coefficient (Wildman–Crippen LogP) is 3.64. The van der Waals surface area contributed by atoms with Gasteiger partial charge in [0, 0.05) is 30.1 Å². The van der Waals surface area contributed by atoms with E-state index in [1.165, 1.54) is 22.5 Å². The summed E-state index contributed by atoms with van der Waals surface area (Å²) >= 11 is 0. The third-order valence-corrected chi connectivity index (χ3v) is 4.81. The molecule has 0 aliphatic heterocycles. The fraction of sp³-hybridized carbons (Fsp3) is 0.238. The molecule has 0 bridgehead atoms. The first-order valence-electron chi connectivity index (χ1n) is 8.91. The lowest BCUT2D eigenvalue weighted by Gasteiger charge is -2.11. The lowest BCUT2D eigenvalue weighted by atomic mass is 10.1. The van der Waals surface area contributed by atoms with Crippen LogP contribution in [0.15, 0.2) is 60.7 Å². The van der Waals surface area contributed by atoms with E-state index in [-0.39, 0.29) is 6.61 Å². The van der Waals surface area contributed by atoms with Crippen LogP contribution in [0.4, 0.5) is 0 Å². The summed E-state index contributed by atoms with van der Waals surface area (Å²) in [4.78, 5) is 0. The topological polar surface area (TPSA) is 55.9 Å². The van der Waals surface area contributed by atoms with E-state index in [0.717, 1.165) is 24.0 Å². The molecule has 0 amide bonds. The number of para-hydroxylation sites is 1. The zero-order valence-electron chi connectivity index (χ0n) is 14.8. The van der Waals surface area contributed by atoms with Crippen molar-refractivity contribution in [1.29, 1.82) is 0 Å². The fourth-order valence-electron chi connectivity index (χ4n) is 3.48. The van der Waals surface area contributed by atoms with Gasteiger partial charge in [0.15, 0.2) is 0 Å². The summed E-state index contributed by atoms with van der Waals surface area (Å²) in [6, 6.07) is 20.7. The predicted molar refractivity (Wildman–Crippen MR) is 103 cm³/mol. The summed E-state index contributed by atoms with van der Waals surface area (Å²) in [6.45, 7) is 3.77. The zero-order chi connectivity index (χ0) is 17.9. The lowest BCUT2D eigenvalue weighted by molar-refractivity contribution is 0.278. The Morgan fingerprint density at radius 3 is 2.58 bits per heavy atom. The number of hydrogen-bond acceptors (Lipinski definition) is 3. The van der Waals surface area contributed by atoms with Gasteiger partial charge in [0.25, 0.3) is 0 Å². The van der Waals surface area contributed by atoms with Crippen LogP contribution < -0.4 is 0 Å². The van der Waals surface area contributed by atoms with Crippen molar-refractivity contribution >= 4 is 11.0 Å². The number of aromatic nitrogens is 4. The molecule has 2 aromatic heterocycles. The monoisotopic (exact) mass is 346 g/mol. The van der Waals surface area contributed by atoms with Crippen LogP contribution in [0.2, 0.25) is 0 Å². The average molecular weight is 346 g/mol. The van der Waals surface area contributed by atoms with Gasteiger partial charge in [0.05, 0.1) is 12.1 Å². The van der Waals surface area contributed by atoms with E-state index < -0.39 is 0 Å². The van der Waals surface area contributed by atoms with Crippen molar-refractivity contribution in [3.63, 3.8) is 0 Å². The molecule has 0 saturated heterocycles. The smallest absolute Gasteiger partial charge is 0.113 e. The van der Waals surface area contributed by atoms with Gasteiger partial charge in [-0.05, 0) is 37.1 Å². The minimum atomic E-state index is 0.185. The van der Waals surface area contributed by atoms with Gasteiger partial charge in [0.2, 0.25) is 0 Å². The largest absolute Gasteiger partial charge is 0.396 e. The molecule has 5 nitrogen and oxygen atoms in total. The van der Waals surface area contributed by atoms with Gasteiger partial charge in [-0.25, -0.2) is 4.68 Å². The molecule has 4 aromatic rings. The van der Waals surface area contributed by atoms with Crippen molar-refractivity contribution in [3.8, 4) is 11.1 Å². The maximum Gasteiger partial charge on any atom is 0.113 e. The van der Waals surface area contributed by atoms with Gasteiger partial charge in [0.1, 0.15) is 5.52 Å². The van der Waals surface area contributed by atoms with Crippen LogP contribution in [0.3, 0.4) is 0 Å². The first-order valence-corrected chi connectivity index (χ1v) is 8.91. The van der Waals surface area contributed by atoms with Crippen molar-refractivity contribution in [2.75, 3.05) is 6.61 Å². The molecule has 0 aliphatic rings. The van der Waals surface area contributed by atoms with Crippen molar-refractivity contribution in [1.82, 2.24) is 19.6 Å². The first kappa shape index (κ1) is 16.5. The molecule has 1 N–H and O–H groups in total. The average Bonchev–Trinajstić information content (AvgIpc) is 3.23. The molecule has 0 unspecified atom stereocenters. The van der Waals surface area contributed by atoms with Gasteiger partial charge in [-0.2, -0.15) is 0 Å². The second kappa shape index (κ2) is 7.14. The molecule has 0 aliphatic carbocycles. The molecular weight excluding hydrogens is 324 g/mol. The maximum atomic E-state index is 9.29. The van der Waals surface area contributed by atoms with E-state index in [0.29, 0.717) is 6.54 Å². The second-order valence-corrected chi connectivity index (χ2v) is 6.47. The highest BCUT2D eigenvalue weighted by molar-refractivity contribution is 5.74. The Labute approximate surface area is 152 Å². The molecule has 2 heterocycles. The third-order valence-electron chi connectivity index (χ3n) is 4.81. The van der Waals surface area contributed by atoms with Gasteiger partial charge < -0.3 is 9.67 Å². The molecule has 0 saturated carbocycles. The van der Waals surface area contributed by atoms with Crippen LogP contribution in [0.5, 0.6) is 0 Å². The van der Waals surface area contributed by atoms with E-state index >= 15 is 0 Å². The van der Waals surface area contributed by atoms with Crippen LogP contribution in [-0.2, 0) is 13.1 Å². The van der Waals surface area contributed by atoms with Crippen LogP contribution in [-0.4, -0.2) is 31.3 Å². The number of fused-ring (bicyclic) bond motifs is 1. The summed E-state index contributed by atoms with van der Waals surface area (Å²) in [7, 11) is 0. The molecule has 2 aromatic carbocycles. The SMILES string of the molecule is Cc1c(-c2ccccc2)cc(Cn2nnc3ccccc32)n1CCCO. The molecule has 0 atom stereocenters. The van der Waals surface area contributed by atoms with Crippen LogP contribution >= 0.6 is 0 Å². The van der Waals surface area contributed by atoms with Gasteiger partial charge >= 0.3 is 0 Å². The maximum absolute atomic E-state index is 9.29. The molecular formula is C21H22N4O. The van der Waals surface area contributed by atoms with E-state index in [1.807, 2.05) is 35.0 Å². The Balaban J connectivity index is 1.76. The first-order chi connectivity index (χ1) is 12.8. The molecule has 5 heteroatoms. The van der Waals surface area contributed by atoms with E-state index in [4.69, 9.17) is 0 Å². The lowest BCUT2D eigenvalue weighted by Crippen LogP contribution is -2.11. The Kier molecular flexibility index (Phi) is 4.54. The van der Waals surface area contributed by atoms with Crippen molar-refractivity contribution < 1.29 is 5.11 Å². The Hall–Kier alpha value is -2.92. The van der Waals surface area contributed by atoms with Crippen molar-refractivity contribution in [3.05, 3.63) is 72.1 Å². The van der Waals surface area contributed by atoms with E-state index in [9.17, 15) is 5.11 Å². The minimum Gasteiger partial charge on any atom is -0.396 e. The fourth-order valence-corrected chi connectivity index (χ4v) is 3.48. The van der Waals surface area contributed by atoms with Crippen molar-refractivity contribution in [2.24, 2.45) is 0 Å². The number of hydrogen-bond donors (Lipinski definition) is 1. The summed E-state index contributed by atoms with van der Waals surface area (Å²) < 4.78 is 4.23. The van der Waals surface area contributed by atoms with E-state index in [2.05, 4.69) is 52.1 Å². The Morgan fingerprint density at radius 2 is 1.77 bits per heavy atom. The highest BCUT2D eigenvalue weighted by atomic mass is 16.3. The molecule has 0 radical (unpaired) electrons.